The number of carbonyl (C=O) groups excluding carboxylic acids is 3. The molecule has 10 nitrogen and oxygen atoms in total. The SMILES string of the molecule is COCC[C@H]1C[C@H](C)OC2(C[C@@H](C(=O)OC)N(C(=O)[C@@H](NC(=O)OC)C(C)C)C2)O1. The number of hydrogen-bond donors (Lipinski definition) is 1. The van der Waals surface area contributed by atoms with E-state index < -0.39 is 35.8 Å². The molecule has 10 heteroatoms. The fraction of sp³-hybridized carbons (Fsp3) is 0.850. The van der Waals surface area contributed by atoms with Gasteiger partial charge in [-0.15, -0.1) is 0 Å². The van der Waals surface area contributed by atoms with Crippen molar-refractivity contribution in [3.63, 3.8) is 0 Å². The summed E-state index contributed by atoms with van der Waals surface area (Å²) in [5.41, 5.74) is 0. The molecule has 0 saturated carbocycles. The molecule has 1 N–H and O–H groups in total. The Balaban J connectivity index is 2.27. The number of methoxy groups -OCH3 is 3. The van der Waals surface area contributed by atoms with Gasteiger partial charge in [-0.05, 0) is 25.7 Å². The number of likely N-dealkylation sites (tertiary alicyclic amines) is 1. The average Bonchev–Trinajstić information content (AvgIpc) is 3.06. The number of rotatable bonds is 7. The topological polar surface area (TPSA) is 113 Å². The lowest BCUT2D eigenvalue weighted by molar-refractivity contribution is -0.308. The maximum atomic E-state index is 13.3. The minimum Gasteiger partial charge on any atom is -0.467 e. The normalized spacial score (nSPS) is 29.7. The van der Waals surface area contributed by atoms with Gasteiger partial charge in [-0.1, -0.05) is 13.8 Å². The summed E-state index contributed by atoms with van der Waals surface area (Å²) in [7, 11) is 4.13. The molecule has 172 valence electrons. The van der Waals surface area contributed by atoms with E-state index in [1.165, 1.54) is 19.1 Å². The van der Waals surface area contributed by atoms with E-state index >= 15 is 0 Å². The standard InChI is InChI=1S/C20H34N2O8/c1-12(2)16(21-19(25)28-6)17(23)22-11-20(10-15(22)18(24)27-5)29-13(3)9-14(30-20)7-8-26-4/h12-16H,7-11H2,1-6H3,(H,21,25)/t13-,14-,15-,16-,20?/m0/s1. The zero-order valence-electron chi connectivity index (χ0n) is 18.6. The van der Waals surface area contributed by atoms with Crippen molar-refractivity contribution in [1.82, 2.24) is 10.2 Å². The monoisotopic (exact) mass is 430 g/mol. The average molecular weight is 430 g/mol. The van der Waals surface area contributed by atoms with Crippen molar-refractivity contribution in [2.24, 2.45) is 5.92 Å². The number of carbonyl (C=O) groups is 3. The zero-order valence-corrected chi connectivity index (χ0v) is 18.6. The summed E-state index contributed by atoms with van der Waals surface area (Å²) in [6, 6.07) is -1.75. The second kappa shape index (κ2) is 10.4. The molecule has 0 bridgehead atoms. The molecule has 1 unspecified atom stereocenters. The highest BCUT2D eigenvalue weighted by atomic mass is 16.7. The molecule has 2 rings (SSSR count). The number of amides is 2. The molecule has 5 atom stereocenters. The van der Waals surface area contributed by atoms with Gasteiger partial charge in [0.25, 0.3) is 0 Å². The third-order valence-electron chi connectivity index (χ3n) is 5.48. The molecule has 1 spiro atoms. The first kappa shape index (κ1) is 24.4. The lowest BCUT2D eigenvalue weighted by Crippen LogP contribution is -2.55. The molecule has 0 aliphatic carbocycles. The van der Waals surface area contributed by atoms with E-state index in [2.05, 4.69) is 10.1 Å². The highest BCUT2D eigenvalue weighted by Crippen LogP contribution is 2.39. The van der Waals surface area contributed by atoms with E-state index in [1.807, 2.05) is 6.92 Å². The fourth-order valence-corrected chi connectivity index (χ4v) is 4.06. The number of ether oxygens (including phenoxy) is 5. The Bertz CT molecular complexity index is 628. The minimum atomic E-state index is -1.11. The Morgan fingerprint density at radius 2 is 1.87 bits per heavy atom. The van der Waals surface area contributed by atoms with Crippen molar-refractivity contribution < 1.29 is 38.1 Å². The highest BCUT2D eigenvalue weighted by molar-refractivity contribution is 5.90. The largest absolute Gasteiger partial charge is 0.467 e. The first-order chi connectivity index (χ1) is 14.2. The molecule has 2 fully saturated rings. The van der Waals surface area contributed by atoms with Crippen LogP contribution in [-0.2, 0) is 33.3 Å². The van der Waals surface area contributed by atoms with Crippen molar-refractivity contribution in [3.05, 3.63) is 0 Å². The van der Waals surface area contributed by atoms with Gasteiger partial charge in [0.1, 0.15) is 12.1 Å². The maximum Gasteiger partial charge on any atom is 0.407 e. The van der Waals surface area contributed by atoms with E-state index in [0.717, 1.165) is 0 Å². The Morgan fingerprint density at radius 3 is 2.43 bits per heavy atom. The number of hydrogen-bond acceptors (Lipinski definition) is 8. The molecule has 0 aromatic rings. The maximum absolute atomic E-state index is 13.3. The predicted molar refractivity (Wildman–Crippen MR) is 106 cm³/mol. The number of nitrogens with zero attached hydrogens (tertiary/aromatic N) is 1. The zero-order chi connectivity index (χ0) is 22.5. The van der Waals surface area contributed by atoms with Gasteiger partial charge in [0, 0.05) is 20.1 Å². The van der Waals surface area contributed by atoms with Gasteiger partial charge in [-0.25, -0.2) is 9.59 Å². The summed E-state index contributed by atoms with van der Waals surface area (Å²) in [5, 5.41) is 2.55. The first-order valence-corrected chi connectivity index (χ1v) is 10.2. The molecule has 2 aliphatic heterocycles. The van der Waals surface area contributed by atoms with Crippen molar-refractivity contribution in [3.8, 4) is 0 Å². The van der Waals surface area contributed by atoms with Crippen LogP contribution in [0.15, 0.2) is 0 Å². The van der Waals surface area contributed by atoms with Gasteiger partial charge in [0.05, 0.1) is 33.0 Å². The van der Waals surface area contributed by atoms with Crippen LogP contribution in [0.2, 0.25) is 0 Å². The smallest absolute Gasteiger partial charge is 0.407 e. The summed E-state index contributed by atoms with van der Waals surface area (Å²) in [6.45, 7) is 6.14. The van der Waals surface area contributed by atoms with Crippen molar-refractivity contribution >= 4 is 18.0 Å². The van der Waals surface area contributed by atoms with Crippen LogP contribution in [0.1, 0.15) is 40.0 Å². The number of esters is 1. The van der Waals surface area contributed by atoms with Gasteiger partial charge in [0.15, 0.2) is 5.79 Å². The quantitative estimate of drug-likeness (QED) is 0.597. The molecule has 2 aliphatic rings. The van der Waals surface area contributed by atoms with Crippen LogP contribution in [-0.4, -0.2) is 87.4 Å². The Kier molecular flexibility index (Phi) is 8.45. The fourth-order valence-electron chi connectivity index (χ4n) is 4.06. The second-order valence-corrected chi connectivity index (χ2v) is 8.16. The summed E-state index contributed by atoms with van der Waals surface area (Å²) >= 11 is 0. The van der Waals surface area contributed by atoms with Crippen LogP contribution in [0.25, 0.3) is 0 Å². The highest BCUT2D eigenvalue weighted by Gasteiger charge is 2.55. The lowest BCUT2D eigenvalue weighted by atomic mass is 10.0. The van der Waals surface area contributed by atoms with Crippen LogP contribution >= 0.6 is 0 Å². The van der Waals surface area contributed by atoms with E-state index in [1.54, 1.807) is 21.0 Å². The Morgan fingerprint density at radius 1 is 1.17 bits per heavy atom. The third-order valence-corrected chi connectivity index (χ3v) is 5.48. The van der Waals surface area contributed by atoms with E-state index in [4.69, 9.17) is 18.9 Å². The number of alkyl carbamates (subject to hydrolysis) is 1. The Labute approximate surface area is 177 Å². The van der Waals surface area contributed by atoms with Crippen molar-refractivity contribution in [2.75, 3.05) is 34.5 Å². The number of nitrogens with one attached hydrogen (secondary N) is 1. The second-order valence-electron chi connectivity index (χ2n) is 8.16. The molecule has 0 aromatic heterocycles. The predicted octanol–water partition coefficient (Wildman–Crippen LogP) is 1.07. The van der Waals surface area contributed by atoms with E-state index in [9.17, 15) is 14.4 Å². The van der Waals surface area contributed by atoms with Crippen LogP contribution < -0.4 is 5.32 Å². The van der Waals surface area contributed by atoms with Crippen molar-refractivity contribution in [2.45, 2.75) is 70.1 Å². The molecular weight excluding hydrogens is 396 g/mol. The van der Waals surface area contributed by atoms with Gasteiger partial charge in [-0.3, -0.25) is 4.79 Å². The molecule has 0 radical (unpaired) electrons. The molecule has 2 amide bonds. The van der Waals surface area contributed by atoms with Gasteiger partial charge < -0.3 is 33.9 Å². The molecule has 2 heterocycles. The first-order valence-electron chi connectivity index (χ1n) is 10.2. The van der Waals surface area contributed by atoms with Crippen LogP contribution in [0, 0.1) is 5.92 Å². The third kappa shape index (κ3) is 5.61. The van der Waals surface area contributed by atoms with Crippen LogP contribution in [0.4, 0.5) is 4.79 Å². The summed E-state index contributed by atoms with van der Waals surface area (Å²) in [4.78, 5) is 39.0. The van der Waals surface area contributed by atoms with Crippen molar-refractivity contribution in [1.29, 1.82) is 0 Å². The minimum absolute atomic E-state index is 0.0610. The van der Waals surface area contributed by atoms with Gasteiger partial charge in [-0.2, -0.15) is 0 Å². The summed E-state index contributed by atoms with van der Waals surface area (Å²) in [5.74, 6) is -2.31. The lowest BCUT2D eigenvalue weighted by Gasteiger charge is -2.41. The van der Waals surface area contributed by atoms with E-state index in [0.29, 0.717) is 19.4 Å². The van der Waals surface area contributed by atoms with Gasteiger partial charge >= 0.3 is 12.1 Å². The van der Waals surface area contributed by atoms with Crippen LogP contribution in [0.5, 0.6) is 0 Å². The molecular formula is C20H34N2O8. The summed E-state index contributed by atoms with van der Waals surface area (Å²) < 4.78 is 27.1. The molecule has 0 aromatic carbocycles. The van der Waals surface area contributed by atoms with Gasteiger partial charge in [0.2, 0.25) is 5.91 Å². The van der Waals surface area contributed by atoms with Crippen LogP contribution in [0.3, 0.4) is 0 Å². The Hall–Kier alpha value is -1.91. The summed E-state index contributed by atoms with van der Waals surface area (Å²) in [6.07, 6.45) is 0.590. The van der Waals surface area contributed by atoms with E-state index in [-0.39, 0.29) is 31.1 Å². The molecule has 2 saturated heterocycles. The molecule has 30 heavy (non-hydrogen) atoms.